The number of Topliss-reactive ketones (excluding diaryl/α,β-unsaturated/α-hetero) is 1. The zero-order valence-electron chi connectivity index (χ0n) is 6.95. The molecule has 2 nitrogen and oxygen atoms in total. The third-order valence-corrected chi connectivity index (χ3v) is 2.66. The molecule has 1 aromatic rings. The summed E-state index contributed by atoms with van der Waals surface area (Å²) in [6, 6.07) is 7.68. The fraction of sp³-hybridized carbons (Fsp3) is 0.100. The number of thiol groups is 1. The molecule has 0 bridgehead atoms. The molecular weight excluding hydrogens is 182 g/mol. The lowest BCUT2D eigenvalue weighted by atomic mass is 9.94. The van der Waals surface area contributed by atoms with Gasteiger partial charge >= 0.3 is 0 Å². The fourth-order valence-corrected chi connectivity index (χ4v) is 1.79. The van der Waals surface area contributed by atoms with Crippen molar-refractivity contribution in [3.8, 4) is 0 Å². The zero-order valence-corrected chi connectivity index (χ0v) is 7.84. The Morgan fingerprint density at radius 1 is 1.31 bits per heavy atom. The van der Waals surface area contributed by atoms with Crippen LogP contribution in [0.5, 0.6) is 0 Å². The highest BCUT2D eigenvalue weighted by Gasteiger charge is 2.20. The summed E-state index contributed by atoms with van der Waals surface area (Å²) in [4.78, 5) is 11.9. The normalized spacial score (nSPS) is 15.9. The standard InChI is InChI=1S/C10H9NOS/c11-9-8(12)5-6-3-1-2-4-7(6)10(9)13/h1-4,13H,5,11H2. The van der Waals surface area contributed by atoms with Gasteiger partial charge in [0, 0.05) is 11.3 Å². The van der Waals surface area contributed by atoms with Crippen LogP contribution in [-0.2, 0) is 11.2 Å². The van der Waals surface area contributed by atoms with E-state index in [1.54, 1.807) is 0 Å². The van der Waals surface area contributed by atoms with Gasteiger partial charge in [0.25, 0.3) is 0 Å². The molecule has 0 unspecified atom stereocenters. The molecule has 0 aliphatic heterocycles. The molecule has 0 amide bonds. The van der Waals surface area contributed by atoms with Crippen LogP contribution < -0.4 is 5.73 Å². The Morgan fingerprint density at radius 2 is 2.00 bits per heavy atom. The first kappa shape index (κ1) is 8.38. The number of nitrogens with two attached hydrogens (primary N) is 1. The van der Waals surface area contributed by atoms with E-state index >= 15 is 0 Å². The van der Waals surface area contributed by atoms with Gasteiger partial charge in [-0.05, 0) is 11.1 Å². The molecule has 3 heteroatoms. The second kappa shape index (κ2) is 2.92. The van der Waals surface area contributed by atoms with Crippen LogP contribution in [0.3, 0.4) is 0 Å². The van der Waals surface area contributed by atoms with Gasteiger partial charge < -0.3 is 5.73 Å². The minimum absolute atomic E-state index is 0.0382. The molecule has 66 valence electrons. The Hall–Kier alpha value is -1.22. The minimum Gasteiger partial charge on any atom is -0.395 e. The highest BCUT2D eigenvalue weighted by atomic mass is 32.1. The highest BCUT2D eigenvalue weighted by molar-refractivity contribution is 7.90. The molecule has 2 N–H and O–H groups in total. The maximum atomic E-state index is 11.3. The summed E-state index contributed by atoms with van der Waals surface area (Å²) in [5, 5.41) is 0. The van der Waals surface area contributed by atoms with Crippen molar-refractivity contribution in [3.63, 3.8) is 0 Å². The molecule has 0 spiro atoms. The molecule has 1 aliphatic rings. The van der Waals surface area contributed by atoms with Gasteiger partial charge in [0.2, 0.25) is 0 Å². The summed E-state index contributed by atoms with van der Waals surface area (Å²) in [7, 11) is 0. The largest absolute Gasteiger partial charge is 0.395 e. The lowest BCUT2D eigenvalue weighted by Gasteiger charge is -2.16. The maximum absolute atomic E-state index is 11.3. The van der Waals surface area contributed by atoms with Crippen LogP contribution in [-0.4, -0.2) is 5.78 Å². The van der Waals surface area contributed by atoms with Gasteiger partial charge in [0.1, 0.15) is 0 Å². The van der Waals surface area contributed by atoms with Gasteiger partial charge in [0.15, 0.2) is 5.78 Å². The van der Waals surface area contributed by atoms with Crippen LogP contribution in [0.4, 0.5) is 0 Å². The van der Waals surface area contributed by atoms with E-state index in [1.165, 1.54) is 0 Å². The number of carbonyl (C=O) groups excluding carboxylic acids is 1. The Balaban J connectivity index is 2.66. The van der Waals surface area contributed by atoms with Gasteiger partial charge in [-0.25, -0.2) is 0 Å². The van der Waals surface area contributed by atoms with Gasteiger partial charge in [0.05, 0.1) is 5.70 Å². The lowest BCUT2D eigenvalue weighted by Crippen LogP contribution is -2.19. The van der Waals surface area contributed by atoms with Crippen LogP contribution >= 0.6 is 12.6 Å². The first-order valence-electron chi connectivity index (χ1n) is 4.00. The number of hydrogen-bond donors (Lipinski definition) is 2. The van der Waals surface area contributed by atoms with Gasteiger partial charge in [-0.2, -0.15) is 0 Å². The summed E-state index contributed by atoms with van der Waals surface area (Å²) in [6.45, 7) is 0. The first-order chi connectivity index (χ1) is 6.20. The van der Waals surface area contributed by atoms with Crippen molar-refractivity contribution >= 4 is 23.3 Å². The van der Waals surface area contributed by atoms with E-state index in [0.717, 1.165) is 11.1 Å². The van der Waals surface area contributed by atoms with Crippen molar-refractivity contribution in [1.29, 1.82) is 0 Å². The second-order valence-corrected chi connectivity index (χ2v) is 3.47. The number of rotatable bonds is 0. The summed E-state index contributed by atoms with van der Waals surface area (Å²) in [6.07, 6.45) is 0.395. The summed E-state index contributed by atoms with van der Waals surface area (Å²) in [5.74, 6) is -0.0382. The fourth-order valence-electron chi connectivity index (χ4n) is 1.45. The average Bonchev–Trinajstić information content (AvgIpc) is 2.15. The predicted molar refractivity (Wildman–Crippen MR) is 55.2 cm³/mol. The Morgan fingerprint density at radius 3 is 2.77 bits per heavy atom. The summed E-state index contributed by atoms with van der Waals surface area (Å²) in [5.41, 5.74) is 7.85. The van der Waals surface area contributed by atoms with E-state index in [2.05, 4.69) is 12.6 Å². The third kappa shape index (κ3) is 1.25. The van der Waals surface area contributed by atoms with Crippen molar-refractivity contribution in [1.82, 2.24) is 0 Å². The van der Waals surface area contributed by atoms with Crippen molar-refractivity contribution < 1.29 is 4.79 Å². The number of hydrogen-bond acceptors (Lipinski definition) is 3. The molecular formula is C10H9NOS. The molecule has 13 heavy (non-hydrogen) atoms. The molecule has 1 aliphatic carbocycles. The Kier molecular flexibility index (Phi) is 1.88. The Bertz CT molecular complexity index is 409. The van der Waals surface area contributed by atoms with Crippen molar-refractivity contribution in [2.45, 2.75) is 6.42 Å². The van der Waals surface area contributed by atoms with Crippen molar-refractivity contribution in [3.05, 3.63) is 41.1 Å². The summed E-state index contributed by atoms with van der Waals surface area (Å²) >= 11 is 4.23. The number of fused-ring (bicyclic) bond motifs is 1. The predicted octanol–water partition coefficient (Wildman–Crippen LogP) is 1.37. The van der Waals surface area contributed by atoms with Crippen LogP contribution in [0.2, 0.25) is 0 Å². The monoisotopic (exact) mass is 191 g/mol. The molecule has 2 rings (SSSR count). The SMILES string of the molecule is NC1=C(S)c2ccccc2CC1=O. The molecule has 0 aromatic heterocycles. The minimum atomic E-state index is -0.0382. The second-order valence-electron chi connectivity index (χ2n) is 3.02. The quantitative estimate of drug-likeness (QED) is 0.608. The highest BCUT2D eigenvalue weighted by Crippen LogP contribution is 2.29. The van der Waals surface area contributed by atoms with Gasteiger partial charge in [-0.15, -0.1) is 12.6 Å². The van der Waals surface area contributed by atoms with Crippen LogP contribution in [0.15, 0.2) is 30.0 Å². The molecule has 0 fully saturated rings. The van der Waals surface area contributed by atoms with Gasteiger partial charge in [-0.3, -0.25) is 4.79 Å². The van der Waals surface area contributed by atoms with Crippen LogP contribution in [0.25, 0.3) is 4.91 Å². The first-order valence-corrected chi connectivity index (χ1v) is 4.45. The maximum Gasteiger partial charge on any atom is 0.184 e. The molecule has 0 atom stereocenters. The van der Waals surface area contributed by atoms with Crippen molar-refractivity contribution in [2.75, 3.05) is 0 Å². The lowest BCUT2D eigenvalue weighted by molar-refractivity contribution is -0.115. The van der Waals surface area contributed by atoms with E-state index < -0.39 is 0 Å². The third-order valence-electron chi connectivity index (χ3n) is 2.18. The molecule has 0 radical (unpaired) electrons. The topological polar surface area (TPSA) is 43.1 Å². The van der Waals surface area contributed by atoms with E-state index in [4.69, 9.17) is 5.73 Å². The number of allylic oxidation sites excluding steroid dienone is 1. The molecule has 0 saturated carbocycles. The molecule has 1 aromatic carbocycles. The van der Waals surface area contributed by atoms with E-state index in [9.17, 15) is 4.79 Å². The number of ketones is 1. The van der Waals surface area contributed by atoms with E-state index in [0.29, 0.717) is 11.3 Å². The van der Waals surface area contributed by atoms with Crippen molar-refractivity contribution in [2.24, 2.45) is 5.73 Å². The molecule has 0 heterocycles. The summed E-state index contributed by atoms with van der Waals surface area (Å²) < 4.78 is 0. The molecule has 0 saturated heterocycles. The Labute approximate surface area is 81.9 Å². The average molecular weight is 191 g/mol. The van der Waals surface area contributed by atoms with Crippen LogP contribution in [0.1, 0.15) is 11.1 Å². The van der Waals surface area contributed by atoms with Gasteiger partial charge in [-0.1, -0.05) is 24.3 Å². The smallest absolute Gasteiger partial charge is 0.184 e. The zero-order chi connectivity index (χ0) is 9.42. The number of benzene rings is 1. The van der Waals surface area contributed by atoms with E-state index in [-0.39, 0.29) is 11.5 Å². The van der Waals surface area contributed by atoms with Crippen LogP contribution in [0, 0.1) is 0 Å². The van der Waals surface area contributed by atoms with E-state index in [1.807, 2.05) is 24.3 Å². The number of carbonyl (C=O) groups is 1.